The van der Waals surface area contributed by atoms with Gasteiger partial charge in [-0.2, -0.15) is 0 Å². The Labute approximate surface area is 158 Å². The molecule has 1 atom stereocenters. The zero-order valence-corrected chi connectivity index (χ0v) is 14.8. The fraction of sp³-hybridized carbons (Fsp3) is 0.263. The molecule has 0 heterocycles. The molecule has 6 nitrogen and oxygen atoms in total. The van der Waals surface area contributed by atoms with Crippen LogP contribution >= 0.6 is 0 Å². The van der Waals surface area contributed by atoms with Gasteiger partial charge in [0.25, 0.3) is 5.91 Å². The van der Waals surface area contributed by atoms with Gasteiger partial charge in [-0.1, -0.05) is 24.3 Å². The lowest BCUT2D eigenvalue weighted by Gasteiger charge is -2.18. The Hall–Kier alpha value is -3.23. The van der Waals surface area contributed by atoms with Crippen molar-refractivity contribution >= 4 is 11.9 Å². The number of hydrogen-bond donors (Lipinski definition) is 2. The molecule has 0 saturated carbocycles. The van der Waals surface area contributed by atoms with Gasteiger partial charge >= 0.3 is 12.3 Å². The molecule has 1 amide bonds. The number of carboxylic acids is 1. The molecule has 0 bridgehead atoms. The highest BCUT2D eigenvalue weighted by molar-refractivity contribution is 5.79. The van der Waals surface area contributed by atoms with Gasteiger partial charge < -0.3 is 19.9 Å². The summed E-state index contributed by atoms with van der Waals surface area (Å²) in [6, 6.07) is 10.7. The van der Waals surface area contributed by atoms with Gasteiger partial charge in [-0.3, -0.25) is 9.59 Å². The molecule has 0 aromatic heterocycles. The Morgan fingerprint density at radius 1 is 1.11 bits per heavy atom. The van der Waals surface area contributed by atoms with E-state index in [1.165, 1.54) is 12.1 Å². The van der Waals surface area contributed by atoms with Crippen LogP contribution in [0.25, 0.3) is 0 Å². The van der Waals surface area contributed by atoms with Gasteiger partial charge in [-0.15, -0.1) is 13.2 Å². The number of aryl methyl sites for hydroxylation is 1. The van der Waals surface area contributed by atoms with Crippen molar-refractivity contribution in [3.8, 4) is 11.5 Å². The van der Waals surface area contributed by atoms with Crippen molar-refractivity contribution in [3.63, 3.8) is 0 Å². The van der Waals surface area contributed by atoms with Crippen LogP contribution < -0.4 is 14.8 Å². The average molecular weight is 397 g/mol. The van der Waals surface area contributed by atoms with E-state index >= 15 is 0 Å². The summed E-state index contributed by atoms with van der Waals surface area (Å²) in [7, 11) is 0. The molecule has 0 radical (unpaired) electrons. The van der Waals surface area contributed by atoms with Crippen LogP contribution in [0, 0.1) is 6.92 Å². The number of amides is 1. The Balaban J connectivity index is 2.02. The highest BCUT2D eigenvalue weighted by atomic mass is 19.4. The molecule has 0 spiro atoms. The molecule has 2 aromatic carbocycles. The van der Waals surface area contributed by atoms with Gasteiger partial charge in [0.05, 0.1) is 12.5 Å². The zero-order valence-electron chi connectivity index (χ0n) is 14.8. The number of rotatable bonds is 8. The lowest BCUT2D eigenvalue weighted by Crippen LogP contribution is -2.33. The van der Waals surface area contributed by atoms with Gasteiger partial charge in [-0.25, -0.2) is 0 Å². The molecule has 0 aliphatic rings. The fourth-order valence-electron chi connectivity index (χ4n) is 2.42. The standard InChI is InChI=1S/C19H18F3NO5/c1-12-3-2-4-15(9-12)27-11-17(24)23-16(10-18(25)26)13-5-7-14(8-6-13)28-19(20,21)22/h2-9,16H,10-11H2,1H3,(H,23,24)(H,25,26). The van der Waals surface area contributed by atoms with Gasteiger partial charge in [0.1, 0.15) is 11.5 Å². The number of benzene rings is 2. The smallest absolute Gasteiger partial charge is 0.484 e. The maximum absolute atomic E-state index is 12.2. The monoisotopic (exact) mass is 397 g/mol. The molecule has 28 heavy (non-hydrogen) atoms. The normalized spacial score (nSPS) is 12.1. The van der Waals surface area contributed by atoms with Crippen LogP contribution in [0.5, 0.6) is 11.5 Å². The third-order valence-electron chi connectivity index (χ3n) is 3.59. The predicted octanol–water partition coefficient (Wildman–Crippen LogP) is 3.60. The molecular formula is C19H18F3NO5. The molecule has 2 aromatic rings. The molecule has 2 rings (SSSR count). The minimum atomic E-state index is -4.83. The maximum atomic E-state index is 12.2. The van der Waals surface area contributed by atoms with Crippen LogP contribution in [0.3, 0.4) is 0 Å². The molecular weight excluding hydrogens is 379 g/mol. The predicted molar refractivity (Wildman–Crippen MR) is 92.9 cm³/mol. The van der Waals surface area contributed by atoms with Crippen LogP contribution in [0.15, 0.2) is 48.5 Å². The lowest BCUT2D eigenvalue weighted by molar-refractivity contribution is -0.274. The van der Waals surface area contributed by atoms with Crippen molar-refractivity contribution in [1.29, 1.82) is 0 Å². The molecule has 1 unspecified atom stereocenters. The third-order valence-corrected chi connectivity index (χ3v) is 3.59. The van der Waals surface area contributed by atoms with Crippen molar-refractivity contribution in [3.05, 3.63) is 59.7 Å². The summed E-state index contributed by atoms with van der Waals surface area (Å²) < 4.78 is 45.8. The first-order chi connectivity index (χ1) is 13.1. The largest absolute Gasteiger partial charge is 0.573 e. The molecule has 0 saturated heterocycles. The maximum Gasteiger partial charge on any atom is 0.573 e. The minimum absolute atomic E-state index is 0.320. The van der Waals surface area contributed by atoms with E-state index in [-0.39, 0.29) is 6.61 Å². The minimum Gasteiger partial charge on any atom is -0.484 e. The number of halogens is 3. The average Bonchev–Trinajstić information content (AvgIpc) is 2.58. The van der Waals surface area contributed by atoms with E-state index in [1.54, 1.807) is 18.2 Å². The van der Waals surface area contributed by atoms with E-state index in [0.717, 1.165) is 17.7 Å². The highest BCUT2D eigenvalue weighted by Crippen LogP contribution is 2.25. The topological polar surface area (TPSA) is 84.9 Å². The summed E-state index contributed by atoms with van der Waals surface area (Å²) in [6.45, 7) is 1.52. The van der Waals surface area contributed by atoms with E-state index in [1.807, 2.05) is 13.0 Å². The number of hydrogen-bond acceptors (Lipinski definition) is 4. The summed E-state index contributed by atoms with van der Waals surface area (Å²) in [4.78, 5) is 23.2. The number of nitrogens with one attached hydrogen (secondary N) is 1. The van der Waals surface area contributed by atoms with Gasteiger partial charge in [-0.05, 0) is 42.3 Å². The first-order valence-electron chi connectivity index (χ1n) is 8.19. The quantitative estimate of drug-likeness (QED) is 0.711. The molecule has 0 aliphatic carbocycles. The van der Waals surface area contributed by atoms with E-state index in [0.29, 0.717) is 11.3 Å². The number of ether oxygens (including phenoxy) is 2. The molecule has 0 aliphatic heterocycles. The highest BCUT2D eigenvalue weighted by Gasteiger charge is 2.31. The Morgan fingerprint density at radius 3 is 2.36 bits per heavy atom. The number of carboxylic acid groups (broad SMARTS) is 1. The van der Waals surface area contributed by atoms with E-state index in [9.17, 15) is 22.8 Å². The lowest BCUT2D eigenvalue weighted by atomic mass is 10.0. The fourth-order valence-corrected chi connectivity index (χ4v) is 2.42. The van der Waals surface area contributed by atoms with Crippen molar-refractivity contribution in [2.45, 2.75) is 25.7 Å². The van der Waals surface area contributed by atoms with Gasteiger partial charge in [0, 0.05) is 0 Å². The summed E-state index contributed by atoms with van der Waals surface area (Å²) in [5, 5.41) is 11.6. The second-order valence-corrected chi connectivity index (χ2v) is 5.94. The Bertz CT molecular complexity index is 821. The third kappa shape index (κ3) is 7.18. The number of aliphatic carboxylic acids is 1. The summed E-state index contributed by atoms with van der Waals surface area (Å²) >= 11 is 0. The van der Waals surface area contributed by atoms with Crippen LogP contribution in [0.1, 0.15) is 23.6 Å². The number of carbonyl (C=O) groups is 2. The number of alkyl halides is 3. The molecule has 9 heteroatoms. The molecule has 2 N–H and O–H groups in total. The van der Waals surface area contributed by atoms with Gasteiger partial charge in [0.2, 0.25) is 0 Å². The summed E-state index contributed by atoms with van der Waals surface area (Å²) in [5.74, 6) is -1.71. The second-order valence-electron chi connectivity index (χ2n) is 5.94. The number of carbonyl (C=O) groups excluding carboxylic acids is 1. The van der Waals surface area contributed by atoms with E-state index in [2.05, 4.69) is 10.1 Å². The summed E-state index contributed by atoms with van der Waals surface area (Å²) in [5.41, 5.74) is 1.27. The van der Waals surface area contributed by atoms with Crippen LogP contribution in [-0.4, -0.2) is 30.0 Å². The van der Waals surface area contributed by atoms with Crippen molar-refractivity contribution in [2.75, 3.05) is 6.61 Å². The van der Waals surface area contributed by atoms with Crippen LogP contribution in [0.4, 0.5) is 13.2 Å². The Kier molecular flexibility index (Phi) is 6.86. The van der Waals surface area contributed by atoms with Crippen LogP contribution in [-0.2, 0) is 9.59 Å². The first-order valence-corrected chi connectivity index (χ1v) is 8.19. The molecule has 150 valence electrons. The van der Waals surface area contributed by atoms with Crippen LogP contribution in [0.2, 0.25) is 0 Å². The van der Waals surface area contributed by atoms with Gasteiger partial charge in [0.15, 0.2) is 6.61 Å². The second kappa shape index (κ2) is 9.12. The van der Waals surface area contributed by atoms with Crippen molar-refractivity contribution < 1.29 is 37.3 Å². The first kappa shape index (κ1) is 21.1. The zero-order chi connectivity index (χ0) is 20.7. The SMILES string of the molecule is Cc1cccc(OCC(=O)NC(CC(=O)O)c2ccc(OC(F)(F)F)cc2)c1. The summed E-state index contributed by atoms with van der Waals surface area (Å²) in [6.07, 6.45) is -5.28. The Morgan fingerprint density at radius 2 is 1.79 bits per heavy atom. The van der Waals surface area contributed by atoms with Crippen molar-refractivity contribution in [1.82, 2.24) is 5.32 Å². The molecule has 0 fully saturated rings. The van der Waals surface area contributed by atoms with E-state index < -0.39 is 36.5 Å². The van der Waals surface area contributed by atoms with Crippen molar-refractivity contribution in [2.24, 2.45) is 0 Å². The van der Waals surface area contributed by atoms with E-state index in [4.69, 9.17) is 9.84 Å².